The Morgan fingerprint density at radius 1 is 1.17 bits per heavy atom. The Bertz CT molecular complexity index is 432. The average Bonchev–Trinajstić information content (AvgIpc) is 2.44. The van der Waals surface area contributed by atoms with Crippen molar-refractivity contribution in [2.75, 3.05) is 26.2 Å². The topological polar surface area (TPSA) is 87.7 Å². The summed E-state index contributed by atoms with van der Waals surface area (Å²) >= 11 is 0. The van der Waals surface area contributed by atoms with E-state index in [2.05, 4.69) is 10.6 Å². The Kier molecular flexibility index (Phi) is 7.32. The lowest BCUT2D eigenvalue weighted by Gasteiger charge is -2.33. The normalized spacial score (nSPS) is 18.3. The first-order valence-corrected chi connectivity index (χ1v) is 8.19. The van der Waals surface area contributed by atoms with Crippen LogP contribution in [0.5, 0.6) is 0 Å². The van der Waals surface area contributed by atoms with Crippen LogP contribution in [0.1, 0.15) is 47.0 Å². The number of nitrogens with one attached hydrogen (secondary N) is 2. The fourth-order valence-electron chi connectivity index (χ4n) is 2.39. The summed E-state index contributed by atoms with van der Waals surface area (Å²) in [6.45, 7) is 9.03. The van der Waals surface area contributed by atoms with E-state index in [4.69, 9.17) is 4.74 Å². The van der Waals surface area contributed by atoms with Gasteiger partial charge in [0, 0.05) is 33.1 Å². The third-order valence-corrected chi connectivity index (χ3v) is 3.47. The van der Waals surface area contributed by atoms with Crippen molar-refractivity contribution in [1.29, 1.82) is 0 Å². The molecule has 0 bridgehead atoms. The second-order valence-electron chi connectivity index (χ2n) is 6.89. The van der Waals surface area contributed by atoms with Crippen molar-refractivity contribution in [3.05, 3.63) is 0 Å². The predicted molar refractivity (Wildman–Crippen MR) is 86.8 cm³/mol. The van der Waals surface area contributed by atoms with Crippen LogP contribution in [0.25, 0.3) is 0 Å². The van der Waals surface area contributed by atoms with Crippen LogP contribution in [0.3, 0.4) is 0 Å². The lowest BCUT2D eigenvalue weighted by molar-refractivity contribution is -0.126. The molecule has 2 N–H and O–H groups in total. The Morgan fingerprint density at radius 2 is 1.83 bits per heavy atom. The van der Waals surface area contributed by atoms with Crippen LogP contribution in [-0.4, -0.2) is 54.6 Å². The first kappa shape index (κ1) is 19.3. The van der Waals surface area contributed by atoms with Crippen LogP contribution in [0.4, 0.5) is 4.79 Å². The first-order valence-electron chi connectivity index (χ1n) is 8.19. The standard InChI is InChI=1S/C16H29N3O4/c1-12(20)17-8-6-9-18-14(21)13-7-5-10-19(11-13)15(22)23-16(2,3)4/h13H,5-11H2,1-4H3,(H,17,20)(H,18,21). The molecular formula is C16H29N3O4. The third-order valence-electron chi connectivity index (χ3n) is 3.47. The summed E-state index contributed by atoms with van der Waals surface area (Å²) in [5, 5.41) is 5.55. The molecule has 1 aliphatic rings. The van der Waals surface area contributed by atoms with E-state index in [1.807, 2.05) is 20.8 Å². The number of amides is 3. The molecule has 1 aliphatic heterocycles. The van der Waals surface area contributed by atoms with Crippen molar-refractivity contribution >= 4 is 17.9 Å². The largest absolute Gasteiger partial charge is 0.444 e. The highest BCUT2D eigenvalue weighted by atomic mass is 16.6. The minimum absolute atomic E-state index is 0.0407. The fourth-order valence-corrected chi connectivity index (χ4v) is 2.39. The molecule has 1 heterocycles. The van der Waals surface area contributed by atoms with Crippen molar-refractivity contribution in [1.82, 2.24) is 15.5 Å². The first-order chi connectivity index (χ1) is 10.7. The summed E-state index contributed by atoms with van der Waals surface area (Å²) in [6.07, 6.45) is 1.90. The van der Waals surface area contributed by atoms with Crippen LogP contribution >= 0.6 is 0 Å². The molecule has 0 aromatic rings. The molecule has 0 aliphatic carbocycles. The highest BCUT2D eigenvalue weighted by molar-refractivity contribution is 5.80. The zero-order chi connectivity index (χ0) is 17.5. The summed E-state index contributed by atoms with van der Waals surface area (Å²) in [5.41, 5.74) is -0.532. The van der Waals surface area contributed by atoms with Gasteiger partial charge in [0.15, 0.2) is 0 Å². The molecule has 1 unspecified atom stereocenters. The molecule has 0 aromatic heterocycles. The predicted octanol–water partition coefficient (Wildman–Crippen LogP) is 1.28. The number of hydrogen-bond donors (Lipinski definition) is 2. The van der Waals surface area contributed by atoms with Gasteiger partial charge in [-0.05, 0) is 40.0 Å². The maximum Gasteiger partial charge on any atom is 0.410 e. The van der Waals surface area contributed by atoms with E-state index in [1.165, 1.54) is 6.92 Å². The monoisotopic (exact) mass is 327 g/mol. The van der Waals surface area contributed by atoms with Crippen molar-refractivity contribution in [2.45, 2.75) is 52.6 Å². The zero-order valence-electron chi connectivity index (χ0n) is 14.6. The summed E-state index contributed by atoms with van der Waals surface area (Å²) in [7, 11) is 0. The molecule has 1 atom stereocenters. The molecular weight excluding hydrogens is 298 g/mol. The molecule has 0 aromatic carbocycles. The second-order valence-corrected chi connectivity index (χ2v) is 6.89. The second kappa shape index (κ2) is 8.74. The summed E-state index contributed by atoms with van der Waals surface area (Å²) in [6, 6.07) is 0. The van der Waals surface area contributed by atoms with Crippen LogP contribution in [0.15, 0.2) is 0 Å². The number of carbonyl (C=O) groups is 3. The van der Waals surface area contributed by atoms with E-state index in [0.717, 1.165) is 12.8 Å². The molecule has 0 saturated carbocycles. The smallest absolute Gasteiger partial charge is 0.410 e. The number of nitrogens with zero attached hydrogens (tertiary/aromatic N) is 1. The van der Waals surface area contributed by atoms with Gasteiger partial charge in [0.25, 0.3) is 0 Å². The van der Waals surface area contributed by atoms with E-state index in [1.54, 1.807) is 4.90 Å². The molecule has 3 amide bonds. The molecule has 23 heavy (non-hydrogen) atoms. The number of hydrogen-bond acceptors (Lipinski definition) is 4. The van der Waals surface area contributed by atoms with E-state index >= 15 is 0 Å². The molecule has 0 radical (unpaired) electrons. The van der Waals surface area contributed by atoms with Gasteiger partial charge in [0.1, 0.15) is 5.60 Å². The number of ether oxygens (including phenoxy) is 1. The molecule has 1 rings (SSSR count). The van der Waals surface area contributed by atoms with Gasteiger partial charge in [-0.1, -0.05) is 0 Å². The summed E-state index contributed by atoms with van der Waals surface area (Å²) in [4.78, 5) is 36.6. The maximum atomic E-state index is 12.2. The van der Waals surface area contributed by atoms with Crippen LogP contribution in [-0.2, 0) is 14.3 Å². The quantitative estimate of drug-likeness (QED) is 0.745. The van der Waals surface area contributed by atoms with Crippen molar-refractivity contribution in [2.24, 2.45) is 5.92 Å². The third kappa shape index (κ3) is 7.85. The van der Waals surface area contributed by atoms with Crippen LogP contribution < -0.4 is 10.6 Å². The molecule has 1 fully saturated rings. The number of likely N-dealkylation sites (tertiary alicyclic amines) is 1. The van der Waals surface area contributed by atoms with E-state index < -0.39 is 5.60 Å². The van der Waals surface area contributed by atoms with E-state index in [0.29, 0.717) is 32.6 Å². The lowest BCUT2D eigenvalue weighted by atomic mass is 9.97. The molecule has 0 spiro atoms. The number of piperidine rings is 1. The minimum Gasteiger partial charge on any atom is -0.444 e. The SMILES string of the molecule is CC(=O)NCCCNC(=O)C1CCCN(C(=O)OC(C)(C)C)C1. The molecule has 1 saturated heterocycles. The number of rotatable bonds is 5. The lowest BCUT2D eigenvalue weighted by Crippen LogP contribution is -2.47. The summed E-state index contributed by atoms with van der Waals surface area (Å²) < 4.78 is 5.36. The summed E-state index contributed by atoms with van der Waals surface area (Å²) in [5.74, 6) is -0.310. The van der Waals surface area contributed by atoms with Gasteiger partial charge < -0.3 is 20.3 Å². The van der Waals surface area contributed by atoms with E-state index in [-0.39, 0.29) is 23.8 Å². The van der Waals surface area contributed by atoms with Crippen LogP contribution in [0, 0.1) is 5.92 Å². The highest BCUT2D eigenvalue weighted by Gasteiger charge is 2.30. The van der Waals surface area contributed by atoms with Gasteiger partial charge in [-0.15, -0.1) is 0 Å². The Hall–Kier alpha value is -1.79. The zero-order valence-corrected chi connectivity index (χ0v) is 14.6. The van der Waals surface area contributed by atoms with Gasteiger partial charge in [0.2, 0.25) is 11.8 Å². The Labute approximate surface area is 138 Å². The molecule has 7 heteroatoms. The van der Waals surface area contributed by atoms with Gasteiger partial charge in [0.05, 0.1) is 5.92 Å². The Morgan fingerprint density at radius 3 is 2.43 bits per heavy atom. The molecule has 7 nitrogen and oxygen atoms in total. The van der Waals surface area contributed by atoms with Gasteiger partial charge in [-0.2, -0.15) is 0 Å². The van der Waals surface area contributed by atoms with Gasteiger partial charge >= 0.3 is 6.09 Å². The average molecular weight is 327 g/mol. The Balaban J connectivity index is 2.34. The van der Waals surface area contributed by atoms with Gasteiger partial charge in [-0.25, -0.2) is 4.79 Å². The van der Waals surface area contributed by atoms with Gasteiger partial charge in [-0.3, -0.25) is 9.59 Å². The minimum atomic E-state index is -0.532. The number of carbonyl (C=O) groups excluding carboxylic acids is 3. The van der Waals surface area contributed by atoms with Crippen molar-refractivity contribution < 1.29 is 19.1 Å². The maximum absolute atomic E-state index is 12.2. The fraction of sp³-hybridized carbons (Fsp3) is 0.812. The van der Waals surface area contributed by atoms with Crippen molar-refractivity contribution in [3.8, 4) is 0 Å². The van der Waals surface area contributed by atoms with E-state index in [9.17, 15) is 14.4 Å². The van der Waals surface area contributed by atoms with Crippen molar-refractivity contribution in [3.63, 3.8) is 0 Å². The van der Waals surface area contributed by atoms with Crippen LogP contribution in [0.2, 0.25) is 0 Å². The molecule has 132 valence electrons. The highest BCUT2D eigenvalue weighted by Crippen LogP contribution is 2.19.